The molecule has 18 heteroatoms. The van der Waals surface area contributed by atoms with Crippen molar-refractivity contribution < 1.29 is 65.8 Å². The molecule has 31 heavy (non-hydrogen) atoms. The predicted molar refractivity (Wildman–Crippen MR) is 91.6 cm³/mol. The molecule has 0 aromatic rings. The summed E-state index contributed by atoms with van der Waals surface area (Å²) in [5.41, 5.74) is 5.48. The average molecular weight is 521 g/mol. The van der Waals surface area contributed by atoms with Crippen LogP contribution in [0.25, 0.3) is 0 Å². The Hall–Kier alpha value is -0.663. The third-order valence-corrected chi connectivity index (χ3v) is 7.28. The molecule has 0 bridgehead atoms. The summed E-state index contributed by atoms with van der Waals surface area (Å²) in [5, 5.41) is -7.00. The van der Waals surface area contributed by atoms with Crippen molar-refractivity contribution >= 4 is 18.9 Å². The summed E-state index contributed by atoms with van der Waals surface area (Å²) >= 11 is 0. The van der Waals surface area contributed by atoms with Crippen LogP contribution in [-0.4, -0.2) is 71.4 Å². The summed E-state index contributed by atoms with van der Waals surface area (Å²) in [6.45, 7) is 8.44. The molecule has 0 heterocycles. The molecule has 3 N–H and O–H groups in total. The minimum absolute atomic E-state index is 0.636. The Bertz CT molecular complexity index is 616. The molecule has 190 valence electrons. The SMILES string of the molecule is CCO[Si](CCCN)(OCC)OCC.O=S(=O)(O)C(F)(F)C(F)(F)C(F)(F)C(F)(F)F. The largest absolute Gasteiger partial charge is 0.500 e. The molecule has 0 aliphatic heterocycles. The summed E-state index contributed by atoms with van der Waals surface area (Å²) in [5.74, 6) is -14.7. The van der Waals surface area contributed by atoms with Crippen LogP contribution in [0.4, 0.5) is 39.5 Å². The maximum absolute atomic E-state index is 12.2. The van der Waals surface area contributed by atoms with Gasteiger partial charge in [0.1, 0.15) is 0 Å². The number of hydrogen-bond donors (Lipinski definition) is 2. The van der Waals surface area contributed by atoms with Crippen LogP contribution in [0, 0.1) is 0 Å². The number of halogens is 9. The molecule has 0 radical (unpaired) electrons. The summed E-state index contributed by atoms with van der Waals surface area (Å²) in [6.07, 6.45) is -6.24. The van der Waals surface area contributed by atoms with E-state index in [0.29, 0.717) is 26.4 Å². The second-order valence-corrected chi connectivity index (χ2v) is 9.71. The molecular formula is C13H24F9NO6SSi. The standard InChI is InChI=1S/C9H23NO3Si.C4HF9O3S/c1-4-11-14(12-5-2,13-6-3)9-7-8-10;5-1(6,3(9,10)11)2(7,8)4(12,13)17(14,15)16/h4-10H2,1-3H3;(H,14,15,16). The van der Waals surface area contributed by atoms with Gasteiger partial charge in [0.2, 0.25) is 0 Å². The molecule has 7 nitrogen and oxygen atoms in total. The highest BCUT2D eigenvalue weighted by molar-refractivity contribution is 7.87. The second-order valence-electron chi connectivity index (χ2n) is 5.51. The van der Waals surface area contributed by atoms with Crippen LogP contribution in [0.5, 0.6) is 0 Å². The van der Waals surface area contributed by atoms with E-state index >= 15 is 0 Å². The topological polar surface area (TPSA) is 108 Å². The van der Waals surface area contributed by atoms with Crippen molar-refractivity contribution in [3.63, 3.8) is 0 Å². The summed E-state index contributed by atoms with van der Waals surface area (Å²) in [6, 6.07) is 0.818. The third-order valence-electron chi connectivity index (χ3n) is 3.22. The van der Waals surface area contributed by atoms with Gasteiger partial charge in [0.25, 0.3) is 0 Å². The Kier molecular flexibility index (Phi) is 12.6. The molecule has 0 unspecified atom stereocenters. The van der Waals surface area contributed by atoms with Crippen molar-refractivity contribution in [1.29, 1.82) is 0 Å². The van der Waals surface area contributed by atoms with Gasteiger partial charge in [-0.3, -0.25) is 4.55 Å². The van der Waals surface area contributed by atoms with Gasteiger partial charge in [0, 0.05) is 25.9 Å². The summed E-state index contributed by atoms with van der Waals surface area (Å²) in [4.78, 5) is 0. The van der Waals surface area contributed by atoms with Crippen LogP contribution in [0.3, 0.4) is 0 Å². The Balaban J connectivity index is 0. The van der Waals surface area contributed by atoms with Gasteiger partial charge in [0.05, 0.1) is 0 Å². The highest BCUT2D eigenvalue weighted by Gasteiger charge is 2.85. The van der Waals surface area contributed by atoms with Crippen LogP contribution < -0.4 is 5.73 Å². The maximum atomic E-state index is 12.2. The summed E-state index contributed by atoms with van der Waals surface area (Å²) in [7, 11) is -9.56. The molecule has 0 atom stereocenters. The lowest BCUT2D eigenvalue weighted by Gasteiger charge is -2.31. The zero-order valence-corrected chi connectivity index (χ0v) is 18.4. The van der Waals surface area contributed by atoms with Crippen molar-refractivity contribution in [3.8, 4) is 0 Å². The molecule has 0 saturated carbocycles. The Labute approximate surface area is 174 Å². The smallest absolute Gasteiger partial charge is 0.374 e. The minimum atomic E-state index is -7.37. The Morgan fingerprint density at radius 1 is 0.806 bits per heavy atom. The Morgan fingerprint density at radius 3 is 1.39 bits per heavy atom. The first-order valence-electron chi connectivity index (χ1n) is 8.53. The van der Waals surface area contributed by atoms with Gasteiger partial charge >= 0.3 is 42.2 Å². The van der Waals surface area contributed by atoms with Crippen molar-refractivity contribution in [3.05, 3.63) is 0 Å². The lowest BCUT2D eigenvalue weighted by Crippen LogP contribution is -2.63. The first-order chi connectivity index (χ1) is 13.7. The molecule has 0 aliphatic carbocycles. The van der Waals surface area contributed by atoms with Gasteiger partial charge in [-0.2, -0.15) is 47.9 Å². The van der Waals surface area contributed by atoms with E-state index in [1.165, 1.54) is 0 Å². The highest BCUT2D eigenvalue weighted by Crippen LogP contribution is 2.54. The van der Waals surface area contributed by atoms with E-state index in [-0.39, 0.29) is 0 Å². The Morgan fingerprint density at radius 2 is 1.16 bits per heavy atom. The van der Waals surface area contributed by atoms with Crippen LogP contribution >= 0.6 is 0 Å². The quantitative estimate of drug-likeness (QED) is 0.229. The second kappa shape index (κ2) is 12.0. The molecule has 0 spiro atoms. The van der Waals surface area contributed by atoms with Crippen molar-refractivity contribution in [2.24, 2.45) is 5.73 Å². The van der Waals surface area contributed by atoms with Gasteiger partial charge in [-0.1, -0.05) is 0 Å². The normalized spacial score (nSPS) is 14.3. The fourth-order valence-electron chi connectivity index (χ4n) is 1.84. The molecule has 0 aromatic carbocycles. The molecule has 0 aromatic heterocycles. The molecule has 0 aliphatic rings. The zero-order valence-electron chi connectivity index (χ0n) is 16.6. The highest BCUT2D eigenvalue weighted by atomic mass is 32.2. The summed E-state index contributed by atoms with van der Waals surface area (Å²) < 4.78 is 151. The first kappa shape index (κ1) is 32.5. The van der Waals surface area contributed by atoms with Crippen LogP contribution in [0.1, 0.15) is 27.2 Å². The minimum Gasteiger partial charge on any atom is -0.374 e. The average Bonchev–Trinajstić information content (AvgIpc) is 2.59. The van der Waals surface area contributed by atoms with Crippen LogP contribution in [-0.2, 0) is 23.4 Å². The van der Waals surface area contributed by atoms with Gasteiger partial charge in [0.15, 0.2) is 0 Å². The van der Waals surface area contributed by atoms with Crippen molar-refractivity contribution in [1.82, 2.24) is 0 Å². The first-order valence-corrected chi connectivity index (χ1v) is 11.9. The number of alkyl halides is 9. The predicted octanol–water partition coefficient (Wildman–Crippen LogP) is 3.68. The van der Waals surface area contributed by atoms with E-state index in [0.717, 1.165) is 12.5 Å². The van der Waals surface area contributed by atoms with Crippen LogP contribution in [0.2, 0.25) is 6.04 Å². The van der Waals surface area contributed by atoms with Gasteiger partial charge in [-0.25, -0.2) is 0 Å². The van der Waals surface area contributed by atoms with E-state index in [2.05, 4.69) is 0 Å². The van der Waals surface area contributed by atoms with E-state index in [1.54, 1.807) is 0 Å². The van der Waals surface area contributed by atoms with Gasteiger partial charge < -0.3 is 19.0 Å². The monoisotopic (exact) mass is 521 g/mol. The van der Waals surface area contributed by atoms with Crippen molar-refractivity contribution in [2.75, 3.05) is 26.4 Å². The van der Waals surface area contributed by atoms with E-state index in [9.17, 15) is 47.9 Å². The fraction of sp³-hybridized carbons (Fsp3) is 1.00. The van der Waals surface area contributed by atoms with Gasteiger partial charge in [-0.15, -0.1) is 0 Å². The molecule has 0 saturated heterocycles. The number of rotatable bonds is 12. The van der Waals surface area contributed by atoms with E-state index < -0.39 is 42.2 Å². The fourth-order valence-corrected chi connectivity index (χ4v) is 4.93. The van der Waals surface area contributed by atoms with E-state index in [1.807, 2.05) is 20.8 Å². The maximum Gasteiger partial charge on any atom is 0.500 e. The third kappa shape index (κ3) is 8.00. The van der Waals surface area contributed by atoms with Crippen LogP contribution in [0.15, 0.2) is 0 Å². The molecule has 0 fully saturated rings. The molecule has 0 rings (SSSR count). The van der Waals surface area contributed by atoms with E-state index in [4.69, 9.17) is 23.6 Å². The zero-order chi connectivity index (χ0) is 25.4. The molecular weight excluding hydrogens is 497 g/mol. The lowest BCUT2D eigenvalue weighted by molar-refractivity contribution is -0.382. The van der Waals surface area contributed by atoms with Crippen molar-refractivity contribution in [2.45, 2.75) is 56.5 Å². The number of hydrogen-bond acceptors (Lipinski definition) is 6. The molecule has 0 amide bonds. The lowest BCUT2D eigenvalue weighted by atomic mass is 10.1. The van der Waals surface area contributed by atoms with Gasteiger partial charge in [-0.05, 0) is 33.7 Å². The number of nitrogens with two attached hydrogens (primary N) is 1.